The molecule has 0 saturated carbocycles. The van der Waals surface area contributed by atoms with Crippen molar-refractivity contribution in [3.63, 3.8) is 0 Å². The molecule has 1 heterocycles. The van der Waals surface area contributed by atoms with Crippen molar-refractivity contribution < 1.29 is 0 Å². The fourth-order valence-corrected chi connectivity index (χ4v) is 6.17. The molecule has 7 rings (SSSR count). The van der Waals surface area contributed by atoms with Crippen LogP contribution in [0.25, 0.3) is 43.4 Å². The van der Waals surface area contributed by atoms with Gasteiger partial charge in [0.05, 0.1) is 0 Å². The summed E-state index contributed by atoms with van der Waals surface area (Å²) >= 11 is 0. The first-order valence-electron chi connectivity index (χ1n) is 10.6. The summed E-state index contributed by atoms with van der Waals surface area (Å²) in [6.45, 7) is 3.80. The molecule has 132 valence electrons. The number of likely N-dealkylation sites (tertiary alicyclic amines) is 1. The van der Waals surface area contributed by atoms with E-state index in [1.165, 1.54) is 77.6 Å². The monoisotopic (exact) mass is 349 g/mol. The number of hydrogen-bond donors (Lipinski definition) is 0. The number of nitrogens with zero attached hydrogens (tertiary/aromatic N) is 1. The predicted molar refractivity (Wildman–Crippen MR) is 115 cm³/mol. The van der Waals surface area contributed by atoms with Crippen LogP contribution < -0.4 is 0 Å². The van der Waals surface area contributed by atoms with Gasteiger partial charge in [-0.1, -0.05) is 55.0 Å². The zero-order chi connectivity index (χ0) is 17.5. The highest BCUT2D eigenvalue weighted by atomic mass is 15.1. The van der Waals surface area contributed by atoms with E-state index in [0.29, 0.717) is 5.92 Å². The second kappa shape index (κ2) is 5.11. The summed E-state index contributed by atoms with van der Waals surface area (Å²) in [5.74, 6) is 0.636. The summed E-state index contributed by atoms with van der Waals surface area (Å²) in [5.41, 5.74) is 6.33. The summed E-state index contributed by atoms with van der Waals surface area (Å²) in [7, 11) is 0. The van der Waals surface area contributed by atoms with E-state index in [0.717, 1.165) is 0 Å². The fraction of sp³-hybridized carbons (Fsp3) is 0.308. The average molecular weight is 349 g/mol. The van der Waals surface area contributed by atoms with Crippen LogP contribution in [-0.2, 0) is 6.42 Å². The Bertz CT molecular complexity index is 1250. The lowest BCUT2D eigenvalue weighted by Crippen LogP contribution is -2.34. The average Bonchev–Trinajstić information content (AvgIpc) is 3.09. The smallest absolute Gasteiger partial charge is 0.00537 e. The highest BCUT2D eigenvalue weighted by Gasteiger charge is 2.33. The first-order valence-corrected chi connectivity index (χ1v) is 10.6. The van der Waals surface area contributed by atoms with Crippen LogP contribution in [0.3, 0.4) is 0 Å². The van der Waals surface area contributed by atoms with E-state index in [9.17, 15) is 0 Å². The zero-order valence-electron chi connectivity index (χ0n) is 15.6. The quantitative estimate of drug-likeness (QED) is 0.340. The lowest BCUT2D eigenvalue weighted by Gasteiger charge is -2.34. The van der Waals surface area contributed by atoms with Gasteiger partial charge in [0.1, 0.15) is 0 Å². The highest BCUT2D eigenvalue weighted by molar-refractivity contribution is 6.34. The third-order valence-corrected chi connectivity index (χ3v) is 7.35. The minimum absolute atomic E-state index is 0.636. The van der Waals surface area contributed by atoms with Crippen LogP contribution in [0.5, 0.6) is 0 Å². The molecule has 1 heteroatoms. The van der Waals surface area contributed by atoms with Crippen LogP contribution in [0.2, 0.25) is 0 Å². The molecule has 4 aromatic carbocycles. The molecule has 0 N–H and O–H groups in total. The van der Waals surface area contributed by atoms with Gasteiger partial charge in [-0.05, 0) is 86.9 Å². The van der Waals surface area contributed by atoms with Crippen molar-refractivity contribution in [1.29, 1.82) is 0 Å². The molecule has 0 aromatic heterocycles. The lowest BCUT2D eigenvalue weighted by molar-refractivity contribution is 0.214. The Balaban J connectivity index is 1.52. The third kappa shape index (κ3) is 1.83. The standard InChI is InChI=1S/C26H23N/c1-2-12-27(13-3-1)15-20-14-19-9-8-17-5-4-16-6-7-18-10-11-21(20)26-24(18)22(16)23(17)25(19)26/h4-11,20H,1-3,12-15H2. The van der Waals surface area contributed by atoms with Gasteiger partial charge in [-0.3, -0.25) is 0 Å². The Morgan fingerprint density at radius 2 is 1.30 bits per heavy atom. The molecule has 27 heavy (non-hydrogen) atoms. The van der Waals surface area contributed by atoms with E-state index in [2.05, 4.69) is 53.4 Å². The highest BCUT2D eigenvalue weighted by Crippen LogP contribution is 2.54. The molecule has 3 aliphatic rings. The van der Waals surface area contributed by atoms with Crippen LogP contribution in [0.4, 0.5) is 0 Å². The van der Waals surface area contributed by atoms with Gasteiger partial charge in [0.15, 0.2) is 0 Å². The summed E-state index contributed by atoms with van der Waals surface area (Å²) in [6, 6.07) is 18.9. The molecule has 1 fully saturated rings. The number of hydrogen-bond acceptors (Lipinski definition) is 1. The van der Waals surface area contributed by atoms with Crippen molar-refractivity contribution in [3.05, 3.63) is 59.7 Å². The number of rotatable bonds is 2. The molecular weight excluding hydrogens is 326 g/mol. The SMILES string of the molecule is c1cc2ccc3ccc4ccc5c6c4c3c2c-6c1CC5CN1CCCCC1. The Hall–Kier alpha value is -2.38. The molecule has 0 spiro atoms. The maximum absolute atomic E-state index is 2.72. The summed E-state index contributed by atoms with van der Waals surface area (Å²) in [4.78, 5) is 2.72. The van der Waals surface area contributed by atoms with E-state index in [1.807, 2.05) is 0 Å². The Labute approximate surface area is 159 Å². The lowest BCUT2D eigenvalue weighted by atomic mass is 9.77. The van der Waals surface area contributed by atoms with Crippen molar-refractivity contribution in [2.45, 2.75) is 31.6 Å². The van der Waals surface area contributed by atoms with E-state index in [-0.39, 0.29) is 0 Å². The van der Waals surface area contributed by atoms with Gasteiger partial charge in [-0.2, -0.15) is 0 Å². The van der Waals surface area contributed by atoms with Crippen LogP contribution in [-0.4, -0.2) is 24.5 Å². The molecule has 0 bridgehead atoms. The number of piperidine rings is 1. The normalized spacial score (nSPS) is 20.8. The Morgan fingerprint density at radius 1 is 0.667 bits per heavy atom. The van der Waals surface area contributed by atoms with Crippen LogP contribution in [0.1, 0.15) is 36.3 Å². The van der Waals surface area contributed by atoms with Crippen LogP contribution in [0.15, 0.2) is 48.5 Å². The first-order chi connectivity index (χ1) is 13.4. The molecular formula is C26H23N. The van der Waals surface area contributed by atoms with Crippen LogP contribution >= 0.6 is 0 Å². The van der Waals surface area contributed by atoms with Crippen molar-refractivity contribution in [2.24, 2.45) is 0 Å². The van der Waals surface area contributed by atoms with Crippen molar-refractivity contribution >= 4 is 32.3 Å². The Morgan fingerprint density at radius 3 is 2.07 bits per heavy atom. The molecule has 4 aromatic rings. The maximum atomic E-state index is 2.72. The topological polar surface area (TPSA) is 3.24 Å². The first kappa shape index (κ1) is 14.6. The fourth-order valence-electron chi connectivity index (χ4n) is 6.17. The minimum atomic E-state index is 0.636. The van der Waals surface area contributed by atoms with E-state index >= 15 is 0 Å². The number of benzene rings is 4. The minimum Gasteiger partial charge on any atom is -0.303 e. The maximum Gasteiger partial charge on any atom is 0.00537 e. The summed E-state index contributed by atoms with van der Waals surface area (Å²) in [6.07, 6.45) is 5.36. The van der Waals surface area contributed by atoms with Gasteiger partial charge in [-0.15, -0.1) is 0 Å². The molecule has 1 unspecified atom stereocenters. The van der Waals surface area contributed by atoms with Gasteiger partial charge < -0.3 is 4.90 Å². The van der Waals surface area contributed by atoms with Crippen molar-refractivity contribution in [1.82, 2.24) is 4.90 Å². The van der Waals surface area contributed by atoms with Crippen LogP contribution in [0, 0.1) is 0 Å². The van der Waals surface area contributed by atoms with Gasteiger partial charge in [0, 0.05) is 12.5 Å². The predicted octanol–water partition coefficient (Wildman–Crippen LogP) is 6.25. The van der Waals surface area contributed by atoms with Crippen molar-refractivity contribution in [3.8, 4) is 11.1 Å². The van der Waals surface area contributed by atoms with Gasteiger partial charge >= 0.3 is 0 Å². The largest absolute Gasteiger partial charge is 0.303 e. The molecule has 1 atom stereocenters. The summed E-state index contributed by atoms with van der Waals surface area (Å²) < 4.78 is 0. The molecule has 0 radical (unpaired) electrons. The Kier molecular flexibility index (Phi) is 2.77. The molecule has 1 saturated heterocycles. The molecule has 1 nitrogen and oxygen atoms in total. The molecule has 2 aliphatic carbocycles. The van der Waals surface area contributed by atoms with Crippen molar-refractivity contribution in [2.75, 3.05) is 19.6 Å². The van der Waals surface area contributed by atoms with Gasteiger partial charge in [0.25, 0.3) is 0 Å². The summed E-state index contributed by atoms with van der Waals surface area (Å²) in [5, 5.41) is 8.78. The van der Waals surface area contributed by atoms with Gasteiger partial charge in [0.2, 0.25) is 0 Å². The second-order valence-electron chi connectivity index (χ2n) is 8.82. The molecule has 1 aliphatic heterocycles. The van der Waals surface area contributed by atoms with E-state index in [1.54, 1.807) is 22.3 Å². The zero-order valence-corrected chi connectivity index (χ0v) is 15.6. The van der Waals surface area contributed by atoms with E-state index < -0.39 is 0 Å². The molecule has 0 amide bonds. The third-order valence-electron chi connectivity index (χ3n) is 7.35. The van der Waals surface area contributed by atoms with Gasteiger partial charge in [-0.25, -0.2) is 0 Å². The van der Waals surface area contributed by atoms with E-state index in [4.69, 9.17) is 0 Å². The second-order valence-corrected chi connectivity index (χ2v) is 8.82.